The molecular formula is C64H118N2O7P+. The molecule has 3 atom stereocenters. The van der Waals surface area contributed by atoms with Crippen LogP contribution in [0.5, 0.6) is 0 Å². The molecule has 0 fully saturated rings. The predicted octanol–water partition coefficient (Wildman–Crippen LogP) is 18.8. The number of phosphoric acid groups is 1. The third kappa shape index (κ3) is 54.2. The van der Waals surface area contributed by atoms with Crippen molar-refractivity contribution >= 4 is 19.7 Å². The molecule has 0 saturated carbocycles. The summed E-state index contributed by atoms with van der Waals surface area (Å²) in [5.74, 6) is -0.522. The number of allylic oxidation sites excluding steroid dienone is 11. The maximum Gasteiger partial charge on any atom is 0.472 e. The number of carbonyl (C=O) groups is 2. The molecule has 0 radical (unpaired) electrons. The molecular weight excluding hydrogens is 940 g/mol. The minimum absolute atomic E-state index is 0.0346. The van der Waals surface area contributed by atoms with Crippen molar-refractivity contribution in [3.05, 3.63) is 72.9 Å². The number of nitrogens with zero attached hydrogens (tertiary/aromatic N) is 1. The number of carbonyl (C=O) groups excluding carboxylic acids is 2. The predicted molar refractivity (Wildman–Crippen MR) is 318 cm³/mol. The average molecular weight is 1060 g/mol. The van der Waals surface area contributed by atoms with Gasteiger partial charge in [-0.25, -0.2) is 4.57 Å². The average Bonchev–Trinajstić information content (AvgIpc) is 3.36. The number of esters is 1. The van der Waals surface area contributed by atoms with E-state index < -0.39 is 20.0 Å². The van der Waals surface area contributed by atoms with Crippen molar-refractivity contribution < 1.29 is 37.3 Å². The lowest BCUT2D eigenvalue weighted by Crippen LogP contribution is -2.47. The normalized spacial score (nSPS) is 14.2. The van der Waals surface area contributed by atoms with Crippen LogP contribution in [-0.4, -0.2) is 74.3 Å². The van der Waals surface area contributed by atoms with Gasteiger partial charge >= 0.3 is 13.8 Å². The Bertz CT molecular complexity index is 1500. The van der Waals surface area contributed by atoms with Crippen LogP contribution in [0.25, 0.3) is 0 Å². The number of rotatable bonds is 55. The van der Waals surface area contributed by atoms with E-state index in [1.807, 2.05) is 33.3 Å². The van der Waals surface area contributed by atoms with E-state index in [4.69, 9.17) is 13.8 Å². The minimum atomic E-state index is -4.45. The van der Waals surface area contributed by atoms with E-state index in [1.54, 1.807) is 0 Å². The monoisotopic (exact) mass is 1060 g/mol. The molecule has 0 aromatic carbocycles. The first-order chi connectivity index (χ1) is 35.9. The van der Waals surface area contributed by atoms with Crippen LogP contribution in [0, 0.1) is 0 Å². The fourth-order valence-electron chi connectivity index (χ4n) is 8.63. The molecule has 0 spiro atoms. The van der Waals surface area contributed by atoms with Crippen molar-refractivity contribution in [3.8, 4) is 0 Å². The second kappa shape index (κ2) is 53.8. The number of amides is 1. The van der Waals surface area contributed by atoms with E-state index in [2.05, 4.69) is 86.8 Å². The molecule has 0 rings (SSSR count). The van der Waals surface area contributed by atoms with Crippen LogP contribution in [-0.2, 0) is 27.9 Å². The Morgan fingerprint density at radius 3 is 1.32 bits per heavy atom. The van der Waals surface area contributed by atoms with E-state index in [1.165, 1.54) is 141 Å². The summed E-state index contributed by atoms with van der Waals surface area (Å²) in [6.07, 6.45) is 68.9. The molecule has 9 nitrogen and oxygen atoms in total. The number of unbranched alkanes of at least 4 members (excludes halogenated alkanes) is 29. The molecule has 0 aliphatic heterocycles. The van der Waals surface area contributed by atoms with Crippen LogP contribution in [0.2, 0.25) is 0 Å². The molecule has 10 heteroatoms. The summed E-state index contributed by atoms with van der Waals surface area (Å²) in [6, 6.07) is -0.859. The number of ether oxygens (including phenoxy) is 1. The fourth-order valence-corrected chi connectivity index (χ4v) is 9.37. The highest BCUT2D eigenvalue weighted by molar-refractivity contribution is 7.47. The zero-order valence-electron chi connectivity index (χ0n) is 49.1. The smallest absolute Gasteiger partial charge is 0.456 e. The minimum Gasteiger partial charge on any atom is -0.456 e. The maximum atomic E-state index is 13.5. The Morgan fingerprint density at radius 2 is 0.865 bits per heavy atom. The summed E-state index contributed by atoms with van der Waals surface area (Å²) < 4.78 is 30.7. The third-order valence-corrected chi connectivity index (χ3v) is 14.4. The van der Waals surface area contributed by atoms with Crippen LogP contribution in [0.4, 0.5) is 0 Å². The van der Waals surface area contributed by atoms with Gasteiger partial charge in [-0.2, -0.15) is 0 Å². The molecule has 74 heavy (non-hydrogen) atoms. The van der Waals surface area contributed by atoms with Crippen molar-refractivity contribution in [2.24, 2.45) is 0 Å². The summed E-state index contributed by atoms with van der Waals surface area (Å²) in [5.41, 5.74) is 0. The number of hydrogen-bond acceptors (Lipinski definition) is 6. The first-order valence-corrected chi connectivity index (χ1v) is 32.3. The molecule has 3 unspecified atom stereocenters. The molecule has 430 valence electrons. The van der Waals surface area contributed by atoms with Crippen molar-refractivity contribution in [1.82, 2.24) is 5.32 Å². The fraction of sp³-hybridized carbons (Fsp3) is 0.781. The highest BCUT2D eigenvalue weighted by atomic mass is 31.2. The lowest BCUT2D eigenvalue weighted by atomic mass is 10.0. The van der Waals surface area contributed by atoms with Crippen LogP contribution in [0.1, 0.15) is 271 Å². The van der Waals surface area contributed by atoms with Gasteiger partial charge in [-0.05, 0) is 96.0 Å². The summed E-state index contributed by atoms with van der Waals surface area (Å²) in [7, 11) is 1.48. The molecule has 0 aromatic heterocycles. The molecule has 1 amide bonds. The molecule has 0 aliphatic rings. The Hall–Kier alpha value is -2.55. The molecule has 0 saturated heterocycles. The lowest BCUT2D eigenvalue weighted by Gasteiger charge is -2.27. The summed E-state index contributed by atoms with van der Waals surface area (Å²) in [5, 5.41) is 3.05. The van der Waals surface area contributed by atoms with Gasteiger partial charge in [0, 0.05) is 12.8 Å². The first-order valence-electron chi connectivity index (χ1n) is 30.8. The maximum absolute atomic E-state index is 13.5. The Kier molecular flexibility index (Phi) is 52.0. The van der Waals surface area contributed by atoms with Crippen LogP contribution >= 0.6 is 7.82 Å². The highest BCUT2D eigenvalue weighted by Gasteiger charge is 2.30. The van der Waals surface area contributed by atoms with Crippen molar-refractivity contribution in [2.45, 2.75) is 283 Å². The third-order valence-electron chi connectivity index (χ3n) is 13.4. The second-order valence-corrected chi connectivity index (χ2v) is 23.3. The lowest BCUT2D eigenvalue weighted by molar-refractivity contribution is -0.870. The molecule has 0 heterocycles. The second-order valence-electron chi connectivity index (χ2n) is 21.8. The van der Waals surface area contributed by atoms with Crippen molar-refractivity contribution in [1.29, 1.82) is 0 Å². The summed E-state index contributed by atoms with van der Waals surface area (Å²) in [4.78, 5) is 37.7. The SMILES string of the molecule is CC/C=C/C/C=C/C/C=C/CCCCCCCCC(=O)NC(COP(=O)(O)OCC[N+](C)(C)C)C(/C=C/CCCCCCCCCCCCC)OC(=O)CCCCCCCCCCC/C=C\C/C=C\CCCCC. The van der Waals surface area contributed by atoms with Gasteiger partial charge < -0.3 is 19.4 Å². The molecule has 0 aliphatic carbocycles. The van der Waals surface area contributed by atoms with E-state index >= 15 is 0 Å². The van der Waals surface area contributed by atoms with Crippen LogP contribution in [0.3, 0.4) is 0 Å². The largest absolute Gasteiger partial charge is 0.472 e. The number of hydrogen-bond donors (Lipinski definition) is 2. The number of phosphoric ester groups is 1. The summed E-state index contributed by atoms with van der Waals surface area (Å²) >= 11 is 0. The van der Waals surface area contributed by atoms with Crippen LogP contribution in [0.15, 0.2) is 72.9 Å². The topological polar surface area (TPSA) is 111 Å². The van der Waals surface area contributed by atoms with Gasteiger partial charge in [0.05, 0.1) is 33.8 Å². The number of quaternary nitrogens is 1. The first kappa shape index (κ1) is 71.5. The van der Waals surface area contributed by atoms with Gasteiger partial charge in [0.2, 0.25) is 5.91 Å². The number of likely N-dealkylation sites (N-methyl/N-ethyl adjacent to an activating group) is 1. The number of nitrogens with one attached hydrogen (secondary N) is 1. The zero-order chi connectivity index (χ0) is 54.3. The molecule has 0 bridgehead atoms. The van der Waals surface area contributed by atoms with E-state index in [-0.39, 0.29) is 31.5 Å². The van der Waals surface area contributed by atoms with Crippen LogP contribution < -0.4 is 5.32 Å². The summed E-state index contributed by atoms with van der Waals surface area (Å²) in [6.45, 7) is 6.87. The van der Waals surface area contributed by atoms with Crippen molar-refractivity contribution in [3.63, 3.8) is 0 Å². The zero-order valence-corrected chi connectivity index (χ0v) is 50.0. The molecule has 2 N–H and O–H groups in total. The van der Waals surface area contributed by atoms with Gasteiger partial charge in [0.25, 0.3) is 0 Å². The van der Waals surface area contributed by atoms with E-state index in [9.17, 15) is 19.0 Å². The van der Waals surface area contributed by atoms with Crippen molar-refractivity contribution in [2.75, 3.05) is 40.9 Å². The van der Waals surface area contributed by atoms with Gasteiger partial charge in [-0.15, -0.1) is 0 Å². The van der Waals surface area contributed by atoms with E-state index in [0.29, 0.717) is 17.4 Å². The quantitative estimate of drug-likeness (QED) is 0.0205. The van der Waals surface area contributed by atoms with Gasteiger partial charge in [-0.1, -0.05) is 235 Å². The Morgan fingerprint density at radius 1 is 0.486 bits per heavy atom. The highest BCUT2D eigenvalue weighted by Crippen LogP contribution is 2.43. The molecule has 0 aromatic rings. The Labute approximate surface area is 457 Å². The van der Waals surface area contributed by atoms with Gasteiger partial charge in [-0.3, -0.25) is 18.6 Å². The van der Waals surface area contributed by atoms with E-state index in [0.717, 1.165) is 96.3 Å². The van der Waals surface area contributed by atoms with Gasteiger partial charge in [0.15, 0.2) is 0 Å². The Balaban J connectivity index is 5.31. The standard InChI is InChI=1S/C64H117N2O7P/c1-7-10-13-16-19-22-25-28-30-32-33-34-36-39-42-45-48-51-54-57-64(68)73-62(55-52-49-46-43-40-37-27-24-21-18-15-12-9-3)61(60-72-74(69,70)71-59-58-66(4,5)6)65-63(67)56-53-50-47-44-41-38-35-31-29-26-23-20-17-14-11-8-2/h11,14,19-20,22-23,28-31,52,55,61-62H,7-10,12-13,15-18,21,24-27,32-51,53-54,56-60H2,1-6H3,(H-,65,67,69,70)/p+1/b14-11+,22-19-,23-20+,30-28-,31-29+,55-52+. The van der Waals surface area contributed by atoms with Gasteiger partial charge in [0.1, 0.15) is 19.3 Å².